The molecule has 0 bridgehead atoms. The summed E-state index contributed by atoms with van der Waals surface area (Å²) in [7, 11) is 0. The van der Waals surface area contributed by atoms with Crippen molar-refractivity contribution in [1.82, 2.24) is 4.90 Å². The lowest BCUT2D eigenvalue weighted by molar-refractivity contribution is 0.224. The van der Waals surface area contributed by atoms with E-state index in [0.29, 0.717) is 12.5 Å². The van der Waals surface area contributed by atoms with E-state index < -0.39 is 5.54 Å². The van der Waals surface area contributed by atoms with Crippen LogP contribution < -0.4 is 5.73 Å². The van der Waals surface area contributed by atoms with E-state index in [0.717, 1.165) is 18.5 Å². The second-order valence-corrected chi connectivity index (χ2v) is 4.84. The number of hydrogen-bond donors (Lipinski definition) is 3. The van der Waals surface area contributed by atoms with Gasteiger partial charge >= 0.3 is 0 Å². The van der Waals surface area contributed by atoms with Crippen LogP contribution >= 0.6 is 0 Å². The summed E-state index contributed by atoms with van der Waals surface area (Å²) < 4.78 is 0. The molecule has 2 rings (SSSR count). The third-order valence-corrected chi connectivity index (χ3v) is 3.39. The van der Waals surface area contributed by atoms with Gasteiger partial charge in [0.15, 0.2) is 5.96 Å². The fraction of sp³-hybridized carbons (Fsp3) is 0.462. The first kappa shape index (κ1) is 12.5. The third-order valence-electron chi connectivity index (χ3n) is 3.39. The van der Waals surface area contributed by atoms with Crippen LogP contribution in [0.2, 0.25) is 0 Å². The van der Waals surface area contributed by atoms with Crippen LogP contribution in [-0.2, 0) is 5.54 Å². The van der Waals surface area contributed by atoms with Gasteiger partial charge in [0.25, 0.3) is 0 Å². The molecule has 0 spiro atoms. The average Bonchev–Trinajstić information content (AvgIpc) is 2.58. The maximum Gasteiger partial charge on any atom is 0.192 e. The number of benzene rings is 1. The number of phenolic OH excluding ortho intramolecular Hbond substituents is 2. The quantitative estimate of drug-likeness (QED) is 0.755. The van der Waals surface area contributed by atoms with Gasteiger partial charge in [0, 0.05) is 12.6 Å². The highest BCUT2D eigenvalue weighted by molar-refractivity contribution is 5.81. The Balaban J connectivity index is 2.41. The molecule has 1 aromatic carbocycles. The van der Waals surface area contributed by atoms with Crippen molar-refractivity contribution in [3.8, 4) is 11.5 Å². The SMILES string of the molecule is CCCN1C(N)=NCC1(C)c1cc(O)cc(O)c1. The summed E-state index contributed by atoms with van der Waals surface area (Å²) in [5.74, 6) is 0.614. The Hall–Kier alpha value is -1.91. The first-order valence-corrected chi connectivity index (χ1v) is 6.08. The summed E-state index contributed by atoms with van der Waals surface area (Å²) in [6.07, 6.45) is 0.955. The smallest absolute Gasteiger partial charge is 0.192 e. The van der Waals surface area contributed by atoms with E-state index in [-0.39, 0.29) is 11.5 Å². The molecule has 1 unspecified atom stereocenters. The molecule has 0 radical (unpaired) electrons. The summed E-state index contributed by atoms with van der Waals surface area (Å²) in [6.45, 7) is 5.41. The molecular weight excluding hydrogens is 230 g/mol. The second-order valence-electron chi connectivity index (χ2n) is 4.84. The normalized spacial score (nSPS) is 23.2. The standard InChI is InChI=1S/C13H19N3O2/c1-3-4-16-12(14)15-8-13(16,2)9-5-10(17)7-11(18)6-9/h5-7,17-18H,3-4,8H2,1-2H3,(H2,14,15). The molecule has 0 amide bonds. The molecule has 0 aromatic heterocycles. The fourth-order valence-electron chi connectivity index (χ4n) is 2.40. The third kappa shape index (κ3) is 1.96. The van der Waals surface area contributed by atoms with Gasteiger partial charge in [-0.1, -0.05) is 6.92 Å². The van der Waals surface area contributed by atoms with Crippen LogP contribution in [0.4, 0.5) is 0 Å². The lowest BCUT2D eigenvalue weighted by atomic mass is 9.90. The molecular formula is C13H19N3O2. The minimum atomic E-state index is -0.406. The van der Waals surface area contributed by atoms with Gasteiger partial charge in [-0.15, -0.1) is 0 Å². The molecule has 4 N–H and O–H groups in total. The van der Waals surface area contributed by atoms with Crippen LogP contribution in [0.25, 0.3) is 0 Å². The van der Waals surface area contributed by atoms with Crippen molar-refractivity contribution in [3.63, 3.8) is 0 Å². The van der Waals surface area contributed by atoms with Crippen molar-refractivity contribution in [2.24, 2.45) is 10.7 Å². The lowest BCUT2D eigenvalue weighted by Gasteiger charge is -2.36. The number of hydrogen-bond acceptors (Lipinski definition) is 5. The highest BCUT2D eigenvalue weighted by Gasteiger charge is 2.39. The highest BCUT2D eigenvalue weighted by Crippen LogP contribution is 2.36. The zero-order chi connectivity index (χ0) is 13.3. The van der Waals surface area contributed by atoms with Crippen molar-refractivity contribution in [2.45, 2.75) is 25.8 Å². The molecule has 1 aliphatic heterocycles. The van der Waals surface area contributed by atoms with Crippen LogP contribution in [0.1, 0.15) is 25.8 Å². The highest BCUT2D eigenvalue weighted by atomic mass is 16.3. The maximum absolute atomic E-state index is 9.60. The van der Waals surface area contributed by atoms with Gasteiger partial charge in [0.05, 0.1) is 12.1 Å². The number of rotatable bonds is 3. The van der Waals surface area contributed by atoms with E-state index in [1.165, 1.54) is 6.07 Å². The zero-order valence-corrected chi connectivity index (χ0v) is 10.7. The van der Waals surface area contributed by atoms with E-state index in [1.54, 1.807) is 12.1 Å². The Morgan fingerprint density at radius 1 is 1.33 bits per heavy atom. The van der Waals surface area contributed by atoms with E-state index in [2.05, 4.69) is 11.9 Å². The van der Waals surface area contributed by atoms with Gasteiger partial charge in [-0.2, -0.15) is 0 Å². The van der Waals surface area contributed by atoms with Crippen LogP contribution in [0, 0.1) is 0 Å². The van der Waals surface area contributed by atoms with Crippen LogP contribution in [0.3, 0.4) is 0 Å². The number of aromatic hydroxyl groups is 2. The Bertz CT molecular complexity index is 467. The summed E-state index contributed by atoms with van der Waals surface area (Å²) in [4.78, 5) is 6.30. The Kier molecular flexibility index (Phi) is 3.07. The number of guanidine groups is 1. The lowest BCUT2D eigenvalue weighted by Crippen LogP contribution is -2.47. The summed E-state index contributed by atoms with van der Waals surface area (Å²) in [6, 6.07) is 4.61. The van der Waals surface area contributed by atoms with Crippen molar-refractivity contribution in [1.29, 1.82) is 0 Å². The van der Waals surface area contributed by atoms with Gasteiger partial charge in [0.1, 0.15) is 11.5 Å². The summed E-state index contributed by atoms with van der Waals surface area (Å²) >= 11 is 0. The molecule has 0 saturated heterocycles. The van der Waals surface area contributed by atoms with Crippen LogP contribution in [0.15, 0.2) is 23.2 Å². The van der Waals surface area contributed by atoms with E-state index in [9.17, 15) is 10.2 Å². The molecule has 0 fully saturated rings. The van der Waals surface area contributed by atoms with Gasteiger partial charge in [0.2, 0.25) is 0 Å². The van der Waals surface area contributed by atoms with Crippen molar-refractivity contribution >= 4 is 5.96 Å². The zero-order valence-electron chi connectivity index (χ0n) is 10.7. The predicted octanol–water partition coefficient (Wildman–Crippen LogP) is 1.35. The molecule has 1 atom stereocenters. The maximum atomic E-state index is 9.60. The van der Waals surface area contributed by atoms with Gasteiger partial charge < -0.3 is 20.8 Å². The van der Waals surface area contributed by atoms with Gasteiger partial charge in [-0.25, -0.2) is 0 Å². The summed E-state index contributed by atoms with van der Waals surface area (Å²) in [5.41, 5.74) is 6.32. The van der Waals surface area contributed by atoms with Crippen molar-refractivity contribution in [3.05, 3.63) is 23.8 Å². The molecule has 1 aliphatic rings. The molecule has 1 aromatic rings. The molecule has 98 valence electrons. The number of phenols is 2. The van der Waals surface area contributed by atoms with E-state index in [4.69, 9.17) is 5.73 Å². The summed E-state index contributed by atoms with van der Waals surface area (Å²) in [5, 5.41) is 19.2. The Morgan fingerprint density at radius 2 is 1.94 bits per heavy atom. The molecule has 5 heteroatoms. The number of nitrogens with zero attached hydrogens (tertiary/aromatic N) is 2. The Labute approximate surface area is 107 Å². The van der Waals surface area contributed by atoms with Gasteiger partial charge in [-0.3, -0.25) is 4.99 Å². The minimum absolute atomic E-state index is 0.0492. The number of nitrogens with two attached hydrogens (primary N) is 1. The molecule has 1 heterocycles. The van der Waals surface area contributed by atoms with Crippen molar-refractivity contribution < 1.29 is 10.2 Å². The molecule has 5 nitrogen and oxygen atoms in total. The average molecular weight is 249 g/mol. The molecule has 0 aliphatic carbocycles. The Morgan fingerprint density at radius 3 is 2.50 bits per heavy atom. The van der Waals surface area contributed by atoms with E-state index in [1.807, 2.05) is 11.8 Å². The van der Waals surface area contributed by atoms with Crippen LogP contribution in [-0.4, -0.2) is 34.2 Å². The monoisotopic (exact) mass is 249 g/mol. The van der Waals surface area contributed by atoms with E-state index >= 15 is 0 Å². The predicted molar refractivity (Wildman–Crippen MR) is 70.6 cm³/mol. The fourth-order valence-corrected chi connectivity index (χ4v) is 2.40. The van der Waals surface area contributed by atoms with Crippen molar-refractivity contribution in [2.75, 3.05) is 13.1 Å². The second kappa shape index (κ2) is 4.40. The molecule has 0 saturated carbocycles. The first-order chi connectivity index (χ1) is 8.47. The minimum Gasteiger partial charge on any atom is -0.508 e. The largest absolute Gasteiger partial charge is 0.508 e. The number of aliphatic imine (C=N–C) groups is 1. The topological polar surface area (TPSA) is 82.1 Å². The molecule has 18 heavy (non-hydrogen) atoms. The first-order valence-electron chi connectivity index (χ1n) is 6.08. The van der Waals surface area contributed by atoms with Gasteiger partial charge in [-0.05, 0) is 31.0 Å². The van der Waals surface area contributed by atoms with Crippen LogP contribution in [0.5, 0.6) is 11.5 Å².